The van der Waals surface area contributed by atoms with Gasteiger partial charge in [0.25, 0.3) is 0 Å². The molecule has 1 aromatic heterocycles. The lowest BCUT2D eigenvalue weighted by atomic mass is 10.1. The number of hydrogen-bond acceptors (Lipinski definition) is 3. The predicted molar refractivity (Wildman–Crippen MR) is 79.7 cm³/mol. The van der Waals surface area contributed by atoms with Gasteiger partial charge < -0.3 is 10.1 Å². The Morgan fingerprint density at radius 3 is 2.75 bits per heavy atom. The molecule has 0 atom stereocenters. The zero-order chi connectivity index (χ0) is 14.6. The van der Waals surface area contributed by atoms with Crippen molar-refractivity contribution < 1.29 is 9.53 Å². The van der Waals surface area contributed by atoms with E-state index < -0.39 is 5.60 Å². The maximum absolute atomic E-state index is 11.6. The van der Waals surface area contributed by atoms with Gasteiger partial charge in [-0.1, -0.05) is 24.3 Å². The zero-order valence-electron chi connectivity index (χ0n) is 12.1. The van der Waals surface area contributed by atoms with Crippen LogP contribution in [0.1, 0.15) is 26.3 Å². The molecule has 0 spiro atoms. The third kappa shape index (κ3) is 3.95. The summed E-state index contributed by atoms with van der Waals surface area (Å²) in [5.74, 6) is 0. The molecule has 0 unspecified atom stereocenters. The molecule has 0 aliphatic carbocycles. The van der Waals surface area contributed by atoms with Crippen LogP contribution in [0.5, 0.6) is 0 Å². The number of fused-ring (bicyclic) bond motifs is 1. The highest BCUT2D eigenvalue weighted by atomic mass is 16.6. The van der Waals surface area contributed by atoms with Gasteiger partial charge in [-0.05, 0) is 38.8 Å². The van der Waals surface area contributed by atoms with Crippen LogP contribution < -0.4 is 5.32 Å². The average Bonchev–Trinajstić information content (AvgIpc) is 2.37. The van der Waals surface area contributed by atoms with Crippen molar-refractivity contribution in [3.63, 3.8) is 0 Å². The first-order valence-electron chi connectivity index (χ1n) is 6.75. The van der Waals surface area contributed by atoms with E-state index in [1.165, 1.54) is 0 Å². The van der Waals surface area contributed by atoms with Crippen LogP contribution in [0.4, 0.5) is 4.79 Å². The summed E-state index contributed by atoms with van der Waals surface area (Å²) in [4.78, 5) is 16.0. The fourth-order valence-corrected chi connectivity index (χ4v) is 1.98. The van der Waals surface area contributed by atoms with Gasteiger partial charge in [0, 0.05) is 18.1 Å². The van der Waals surface area contributed by atoms with E-state index >= 15 is 0 Å². The number of hydrogen-bond donors (Lipinski definition) is 1. The van der Waals surface area contributed by atoms with Crippen molar-refractivity contribution in [2.75, 3.05) is 6.54 Å². The van der Waals surface area contributed by atoms with E-state index in [9.17, 15) is 4.79 Å². The Kier molecular flexibility index (Phi) is 4.23. The SMILES string of the molecule is CC(C)(C)OC(=O)NCCc1cccc2cccnc12. The van der Waals surface area contributed by atoms with Crippen LogP contribution >= 0.6 is 0 Å². The molecule has 0 saturated heterocycles. The molecule has 2 rings (SSSR count). The van der Waals surface area contributed by atoms with Crippen molar-refractivity contribution in [3.8, 4) is 0 Å². The number of carbonyl (C=O) groups is 1. The lowest BCUT2D eigenvalue weighted by molar-refractivity contribution is 0.0528. The van der Waals surface area contributed by atoms with Crippen molar-refractivity contribution in [2.24, 2.45) is 0 Å². The number of ether oxygens (including phenoxy) is 1. The number of benzene rings is 1. The minimum Gasteiger partial charge on any atom is -0.444 e. The summed E-state index contributed by atoms with van der Waals surface area (Å²) in [5, 5.41) is 3.88. The van der Waals surface area contributed by atoms with Gasteiger partial charge in [0.1, 0.15) is 5.60 Å². The molecule has 0 aliphatic rings. The molecule has 1 amide bonds. The summed E-state index contributed by atoms with van der Waals surface area (Å²) in [6, 6.07) is 10.0. The highest BCUT2D eigenvalue weighted by Crippen LogP contribution is 2.16. The zero-order valence-corrected chi connectivity index (χ0v) is 12.1. The van der Waals surface area contributed by atoms with Crippen LogP contribution in [0, 0.1) is 0 Å². The van der Waals surface area contributed by atoms with Gasteiger partial charge in [0.15, 0.2) is 0 Å². The Bertz CT molecular complexity index is 597. The number of para-hydroxylation sites is 1. The average molecular weight is 272 g/mol. The number of amides is 1. The molecule has 106 valence electrons. The molecule has 0 bridgehead atoms. The molecule has 2 aromatic rings. The van der Waals surface area contributed by atoms with E-state index in [-0.39, 0.29) is 6.09 Å². The number of nitrogens with zero attached hydrogens (tertiary/aromatic N) is 1. The molecular formula is C16H20N2O2. The Hall–Kier alpha value is -2.10. The minimum absolute atomic E-state index is 0.384. The van der Waals surface area contributed by atoms with Gasteiger partial charge in [0.05, 0.1) is 5.52 Å². The normalized spacial score (nSPS) is 11.3. The monoisotopic (exact) mass is 272 g/mol. The topological polar surface area (TPSA) is 51.2 Å². The van der Waals surface area contributed by atoms with Gasteiger partial charge >= 0.3 is 6.09 Å². The van der Waals surface area contributed by atoms with Gasteiger partial charge in [-0.25, -0.2) is 4.79 Å². The maximum Gasteiger partial charge on any atom is 0.407 e. The summed E-state index contributed by atoms with van der Waals surface area (Å²) < 4.78 is 5.20. The highest BCUT2D eigenvalue weighted by Gasteiger charge is 2.15. The summed E-state index contributed by atoms with van der Waals surface area (Å²) in [6.45, 7) is 6.08. The number of nitrogens with one attached hydrogen (secondary N) is 1. The quantitative estimate of drug-likeness (QED) is 0.932. The van der Waals surface area contributed by atoms with Gasteiger partial charge in [-0.15, -0.1) is 0 Å². The molecule has 0 saturated carbocycles. The second-order valence-electron chi connectivity index (χ2n) is 5.67. The second kappa shape index (κ2) is 5.90. The first-order chi connectivity index (χ1) is 9.46. The standard InChI is InChI=1S/C16H20N2O2/c1-16(2,3)20-15(19)18-11-9-13-7-4-6-12-8-5-10-17-14(12)13/h4-8,10H,9,11H2,1-3H3,(H,18,19). The summed E-state index contributed by atoms with van der Waals surface area (Å²) in [6.07, 6.45) is 2.13. The minimum atomic E-state index is -0.467. The van der Waals surface area contributed by atoms with Crippen LogP contribution in [0.25, 0.3) is 10.9 Å². The number of pyridine rings is 1. The number of carbonyl (C=O) groups excluding carboxylic acids is 1. The lowest BCUT2D eigenvalue weighted by Gasteiger charge is -2.19. The van der Waals surface area contributed by atoms with Crippen LogP contribution in [-0.2, 0) is 11.2 Å². The molecule has 1 heterocycles. The predicted octanol–water partition coefficient (Wildman–Crippen LogP) is 3.30. The third-order valence-electron chi connectivity index (χ3n) is 2.78. The first-order valence-corrected chi connectivity index (χ1v) is 6.75. The third-order valence-corrected chi connectivity index (χ3v) is 2.78. The van der Waals surface area contributed by atoms with Crippen LogP contribution in [-0.4, -0.2) is 23.2 Å². The number of aromatic nitrogens is 1. The Balaban J connectivity index is 1.95. The molecular weight excluding hydrogens is 252 g/mol. The molecule has 0 radical (unpaired) electrons. The van der Waals surface area contributed by atoms with Gasteiger partial charge in [-0.2, -0.15) is 0 Å². The molecule has 4 heteroatoms. The van der Waals surface area contributed by atoms with E-state index in [0.717, 1.165) is 22.9 Å². The Morgan fingerprint density at radius 2 is 2.00 bits per heavy atom. The molecule has 0 aliphatic heterocycles. The molecule has 1 N–H and O–H groups in total. The van der Waals surface area contributed by atoms with Gasteiger partial charge in [0.2, 0.25) is 0 Å². The summed E-state index contributed by atoms with van der Waals surface area (Å²) in [7, 11) is 0. The van der Waals surface area contributed by atoms with Gasteiger partial charge in [-0.3, -0.25) is 4.98 Å². The number of alkyl carbamates (subject to hydrolysis) is 1. The lowest BCUT2D eigenvalue weighted by Crippen LogP contribution is -2.33. The van der Waals surface area contributed by atoms with Crippen molar-refractivity contribution in [1.29, 1.82) is 0 Å². The van der Waals surface area contributed by atoms with E-state index in [2.05, 4.69) is 10.3 Å². The Morgan fingerprint density at radius 1 is 1.25 bits per heavy atom. The fraction of sp³-hybridized carbons (Fsp3) is 0.375. The van der Waals surface area contributed by atoms with E-state index in [0.29, 0.717) is 6.54 Å². The van der Waals surface area contributed by atoms with Crippen LogP contribution in [0.2, 0.25) is 0 Å². The van der Waals surface area contributed by atoms with E-state index in [1.807, 2.05) is 51.1 Å². The van der Waals surface area contributed by atoms with E-state index in [1.54, 1.807) is 6.20 Å². The largest absolute Gasteiger partial charge is 0.444 e. The van der Waals surface area contributed by atoms with Crippen molar-refractivity contribution in [2.45, 2.75) is 32.8 Å². The van der Waals surface area contributed by atoms with Crippen molar-refractivity contribution in [1.82, 2.24) is 10.3 Å². The Labute approximate surface area is 119 Å². The summed E-state index contributed by atoms with van der Waals surface area (Å²) in [5.41, 5.74) is 1.64. The smallest absolute Gasteiger partial charge is 0.407 e. The molecule has 0 fully saturated rings. The second-order valence-corrected chi connectivity index (χ2v) is 5.67. The number of rotatable bonds is 3. The van der Waals surface area contributed by atoms with E-state index in [4.69, 9.17) is 4.74 Å². The fourth-order valence-electron chi connectivity index (χ4n) is 1.98. The first kappa shape index (κ1) is 14.3. The molecule has 1 aromatic carbocycles. The van der Waals surface area contributed by atoms with Crippen molar-refractivity contribution in [3.05, 3.63) is 42.1 Å². The van der Waals surface area contributed by atoms with Crippen molar-refractivity contribution >= 4 is 17.0 Å². The molecule has 20 heavy (non-hydrogen) atoms. The highest BCUT2D eigenvalue weighted by molar-refractivity contribution is 5.81. The maximum atomic E-state index is 11.6. The van der Waals surface area contributed by atoms with Crippen LogP contribution in [0.3, 0.4) is 0 Å². The molecule has 4 nitrogen and oxygen atoms in total. The summed E-state index contributed by atoms with van der Waals surface area (Å²) >= 11 is 0. The van der Waals surface area contributed by atoms with Crippen LogP contribution in [0.15, 0.2) is 36.5 Å².